The maximum absolute atomic E-state index is 3.79. The van der Waals surface area contributed by atoms with Crippen LogP contribution in [0.4, 0.5) is 0 Å². The molecule has 8 heavy (non-hydrogen) atoms. The summed E-state index contributed by atoms with van der Waals surface area (Å²) in [6.45, 7) is 2.12. The summed E-state index contributed by atoms with van der Waals surface area (Å²) in [7, 11) is 0. The fourth-order valence-corrected chi connectivity index (χ4v) is 1.08. The summed E-state index contributed by atoms with van der Waals surface area (Å²) < 4.78 is 0. The highest BCUT2D eigenvalue weighted by atomic mass is 32.2. The molecule has 2 nitrogen and oxygen atoms in total. The van der Waals surface area contributed by atoms with Gasteiger partial charge in [0.15, 0.2) is 0 Å². The van der Waals surface area contributed by atoms with E-state index in [1.54, 1.807) is 11.8 Å². The molecular formula is C5H8N2S. The lowest BCUT2D eigenvalue weighted by molar-refractivity contribution is 1.09. The zero-order chi connectivity index (χ0) is 5.82. The van der Waals surface area contributed by atoms with Crippen molar-refractivity contribution in [2.75, 3.05) is 5.75 Å². The van der Waals surface area contributed by atoms with Crippen molar-refractivity contribution in [3.8, 4) is 0 Å². The lowest BCUT2D eigenvalue weighted by Crippen LogP contribution is -1.62. The Labute approximate surface area is 52.7 Å². The molecule has 0 spiro atoms. The number of nitrogens with zero attached hydrogens (tertiary/aromatic N) is 1. The molecular weight excluding hydrogens is 120 g/mol. The molecule has 3 heteroatoms. The van der Waals surface area contributed by atoms with Crippen molar-refractivity contribution in [2.24, 2.45) is 0 Å². The van der Waals surface area contributed by atoms with Crippen LogP contribution in [-0.4, -0.2) is 16.0 Å². The molecule has 1 heterocycles. The third-order valence-electron chi connectivity index (χ3n) is 0.784. The minimum Gasteiger partial charge on any atom is -0.285 e. The number of aromatic nitrogens is 2. The van der Waals surface area contributed by atoms with Crippen molar-refractivity contribution >= 4 is 11.8 Å². The van der Waals surface area contributed by atoms with Gasteiger partial charge >= 0.3 is 0 Å². The van der Waals surface area contributed by atoms with Crippen LogP contribution in [0.15, 0.2) is 17.3 Å². The molecule has 0 bridgehead atoms. The monoisotopic (exact) mass is 128 g/mol. The average Bonchev–Trinajstić information content (AvgIpc) is 2.19. The number of aromatic amines is 1. The molecule has 0 aliphatic heterocycles. The van der Waals surface area contributed by atoms with E-state index in [4.69, 9.17) is 0 Å². The Hall–Kier alpha value is -0.440. The highest BCUT2D eigenvalue weighted by molar-refractivity contribution is 7.99. The van der Waals surface area contributed by atoms with Crippen LogP contribution in [0.5, 0.6) is 0 Å². The second-order valence-electron chi connectivity index (χ2n) is 1.37. The van der Waals surface area contributed by atoms with Gasteiger partial charge in [-0.1, -0.05) is 6.92 Å². The van der Waals surface area contributed by atoms with E-state index in [0.29, 0.717) is 0 Å². The Morgan fingerprint density at radius 1 is 1.88 bits per heavy atom. The molecule has 1 rings (SSSR count). The first-order valence-electron chi connectivity index (χ1n) is 2.55. The maximum Gasteiger partial charge on any atom is 0.0623 e. The Balaban J connectivity index is 2.50. The molecule has 0 radical (unpaired) electrons. The Morgan fingerprint density at radius 3 is 3.25 bits per heavy atom. The first-order valence-corrected chi connectivity index (χ1v) is 3.53. The van der Waals surface area contributed by atoms with E-state index in [1.807, 2.05) is 12.4 Å². The van der Waals surface area contributed by atoms with Crippen LogP contribution in [0.2, 0.25) is 0 Å². The van der Waals surface area contributed by atoms with Crippen LogP contribution >= 0.6 is 11.8 Å². The lowest BCUT2D eigenvalue weighted by atomic mass is 10.7. The molecule has 1 aromatic heterocycles. The third-order valence-corrected chi connectivity index (χ3v) is 1.63. The largest absolute Gasteiger partial charge is 0.285 e. The van der Waals surface area contributed by atoms with Crippen molar-refractivity contribution in [1.29, 1.82) is 0 Å². The number of hydrogen-bond acceptors (Lipinski definition) is 2. The Kier molecular flexibility index (Phi) is 1.97. The zero-order valence-corrected chi connectivity index (χ0v) is 5.53. The number of thioether (sulfide) groups is 1. The Morgan fingerprint density at radius 2 is 2.75 bits per heavy atom. The van der Waals surface area contributed by atoms with Crippen molar-refractivity contribution in [3.05, 3.63) is 12.4 Å². The van der Waals surface area contributed by atoms with Crippen molar-refractivity contribution in [3.63, 3.8) is 0 Å². The molecule has 0 aliphatic rings. The van der Waals surface area contributed by atoms with E-state index in [1.165, 1.54) is 4.90 Å². The quantitative estimate of drug-likeness (QED) is 0.612. The fourth-order valence-electron chi connectivity index (χ4n) is 0.485. The van der Waals surface area contributed by atoms with Gasteiger partial charge in [-0.25, -0.2) is 0 Å². The topological polar surface area (TPSA) is 28.7 Å². The summed E-state index contributed by atoms with van der Waals surface area (Å²) in [5.74, 6) is 1.11. The van der Waals surface area contributed by atoms with Gasteiger partial charge in [-0.2, -0.15) is 5.10 Å². The van der Waals surface area contributed by atoms with Crippen molar-refractivity contribution in [2.45, 2.75) is 11.8 Å². The standard InChI is InChI=1S/C5H8N2S/c1-2-8-5-3-6-7-4-5/h3-4H,2H2,1H3,(H,6,7). The number of hydrogen-bond donors (Lipinski definition) is 1. The van der Waals surface area contributed by atoms with Crippen LogP contribution < -0.4 is 0 Å². The fraction of sp³-hybridized carbons (Fsp3) is 0.400. The van der Waals surface area contributed by atoms with E-state index in [9.17, 15) is 0 Å². The Bertz CT molecular complexity index is 136. The molecule has 0 saturated heterocycles. The summed E-state index contributed by atoms with van der Waals surface area (Å²) in [5.41, 5.74) is 0. The normalized spacial score (nSPS) is 9.62. The van der Waals surface area contributed by atoms with E-state index < -0.39 is 0 Å². The second-order valence-corrected chi connectivity index (χ2v) is 2.70. The van der Waals surface area contributed by atoms with Gasteiger partial charge < -0.3 is 0 Å². The van der Waals surface area contributed by atoms with Crippen LogP contribution in [0.25, 0.3) is 0 Å². The van der Waals surface area contributed by atoms with E-state index in [2.05, 4.69) is 17.1 Å². The molecule has 1 N–H and O–H groups in total. The van der Waals surface area contributed by atoms with Crippen LogP contribution in [0.1, 0.15) is 6.92 Å². The van der Waals surface area contributed by atoms with Gasteiger partial charge in [0.05, 0.1) is 6.20 Å². The van der Waals surface area contributed by atoms with E-state index >= 15 is 0 Å². The van der Waals surface area contributed by atoms with E-state index in [0.717, 1.165) is 5.75 Å². The molecule has 0 saturated carbocycles. The summed E-state index contributed by atoms with van der Waals surface area (Å²) >= 11 is 1.79. The molecule has 0 aromatic carbocycles. The summed E-state index contributed by atoms with van der Waals surface area (Å²) in [6, 6.07) is 0. The van der Waals surface area contributed by atoms with Crippen LogP contribution in [-0.2, 0) is 0 Å². The minimum absolute atomic E-state index is 1.11. The van der Waals surface area contributed by atoms with Gasteiger partial charge in [0.1, 0.15) is 0 Å². The van der Waals surface area contributed by atoms with Gasteiger partial charge in [-0.3, -0.25) is 5.10 Å². The third kappa shape index (κ3) is 1.26. The lowest BCUT2D eigenvalue weighted by Gasteiger charge is -1.84. The average molecular weight is 128 g/mol. The molecule has 0 unspecified atom stereocenters. The predicted octanol–water partition coefficient (Wildman–Crippen LogP) is 1.52. The van der Waals surface area contributed by atoms with Gasteiger partial charge in [0, 0.05) is 11.1 Å². The minimum atomic E-state index is 1.11. The zero-order valence-electron chi connectivity index (χ0n) is 4.72. The molecule has 1 aromatic rings. The van der Waals surface area contributed by atoms with Gasteiger partial charge in [0.2, 0.25) is 0 Å². The first-order chi connectivity index (χ1) is 3.93. The molecule has 44 valence electrons. The van der Waals surface area contributed by atoms with Gasteiger partial charge in [0.25, 0.3) is 0 Å². The van der Waals surface area contributed by atoms with Crippen molar-refractivity contribution < 1.29 is 0 Å². The maximum atomic E-state index is 3.79. The van der Waals surface area contributed by atoms with Gasteiger partial charge in [-0.05, 0) is 5.75 Å². The van der Waals surface area contributed by atoms with Crippen LogP contribution in [0, 0.1) is 0 Å². The number of nitrogens with one attached hydrogen (secondary N) is 1. The highest BCUT2D eigenvalue weighted by Crippen LogP contribution is 2.13. The van der Waals surface area contributed by atoms with E-state index in [-0.39, 0.29) is 0 Å². The summed E-state index contributed by atoms with van der Waals surface area (Å²) in [4.78, 5) is 1.22. The molecule has 0 fully saturated rings. The molecule has 0 atom stereocenters. The van der Waals surface area contributed by atoms with Gasteiger partial charge in [-0.15, -0.1) is 11.8 Å². The highest BCUT2D eigenvalue weighted by Gasteiger charge is 1.87. The molecule has 0 aliphatic carbocycles. The second kappa shape index (κ2) is 2.77. The van der Waals surface area contributed by atoms with Crippen molar-refractivity contribution in [1.82, 2.24) is 10.2 Å². The summed E-state index contributed by atoms with van der Waals surface area (Å²) in [5, 5.41) is 6.54. The SMILES string of the molecule is CCSc1cn[nH]c1. The molecule has 0 amide bonds. The predicted molar refractivity (Wildman–Crippen MR) is 35.0 cm³/mol. The smallest absolute Gasteiger partial charge is 0.0623 e. The number of H-pyrrole nitrogens is 1. The first kappa shape index (κ1) is 5.69. The van der Waals surface area contributed by atoms with Crippen LogP contribution in [0.3, 0.4) is 0 Å². The summed E-state index contributed by atoms with van der Waals surface area (Å²) in [6.07, 6.45) is 3.72. The number of rotatable bonds is 2.